The molecule has 1 amide bonds. The molecule has 0 aliphatic heterocycles. The lowest BCUT2D eigenvalue weighted by atomic mass is 10.1. The van der Waals surface area contributed by atoms with Crippen molar-refractivity contribution in [3.8, 4) is 0 Å². The van der Waals surface area contributed by atoms with Crippen molar-refractivity contribution >= 4 is 23.5 Å². The first-order chi connectivity index (χ1) is 8.02. The van der Waals surface area contributed by atoms with Gasteiger partial charge < -0.3 is 10.4 Å². The molecule has 0 unspecified atom stereocenters. The van der Waals surface area contributed by atoms with Gasteiger partial charge in [0.25, 0.3) is 0 Å². The summed E-state index contributed by atoms with van der Waals surface area (Å²) in [7, 11) is 0. The Balaban J connectivity index is 2.58. The summed E-state index contributed by atoms with van der Waals surface area (Å²) >= 11 is 5.79. The average molecular weight is 256 g/mol. The Labute approximate surface area is 105 Å². The number of hydrogen-bond donors (Lipinski definition) is 2. The van der Waals surface area contributed by atoms with Crippen LogP contribution in [0.25, 0.3) is 0 Å². The smallest absolute Gasteiger partial charge is 0.326 e. The summed E-state index contributed by atoms with van der Waals surface area (Å²) < 4.78 is 0. The molecule has 5 heteroatoms. The summed E-state index contributed by atoms with van der Waals surface area (Å²) in [4.78, 5) is 22.3. The molecular formula is C12H14ClNO3. The van der Waals surface area contributed by atoms with Gasteiger partial charge >= 0.3 is 5.97 Å². The summed E-state index contributed by atoms with van der Waals surface area (Å²) in [6.45, 7) is 1.71. The van der Waals surface area contributed by atoms with Crippen LogP contribution in [0, 0.1) is 0 Å². The van der Waals surface area contributed by atoms with Gasteiger partial charge in [0.1, 0.15) is 6.04 Å². The maximum atomic E-state index is 11.6. The summed E-state index contributed by atoms with van der Waals surface area (Å²) in [6, 6.07) is 6.09. The number of carboxylic acids is 1. The van der Waals surface area contributed by atoms with Crippen LogP contribution in [0.2, 0.25) is 5.02 Å². The second-order valence-corrected chi connectivity index (χ2v) is 4.11. The number of aliphatic carboxylic acids is 1. The molecule has 92 valence electrons. The summed E-state index contributed by atoms with van der Waals surface area (Å²) in [5.41, 5.74) is 0.759. The van der Waals surface area contributed by atoms with Crippen LogP contribution in [0.15, 0.2) is 24.3 Å². The van der Waals surface area contributed by atoms with Crippen LogP contribution in [-0.4, -0.2) is 23.0 Å². The van der Waals surface area contributed by atoms with E-state index in [0.29, 0.717) is 11.4 Å². The number of carboxylic acid groups (broad SMARTS) is 1. The molecule has 0 saturated carbocycles. The molecule has 0 heterocycles. The highest BCUT2D eigenvalue weighted by Gasteiger charge is 2.17. The summed E-state index contributed by atoms with van der Waals surface area (Å²) in [5, 5.41) is 11.8. The molecule has 17 heavy (non-hydrogen) atoms. The van der Waals surface area contributed by atoms with E-state index in [2.05, 4.69) is 5.32 Å². The molecule has 1 aromatic carbocycles. The van der Waals surface area contributed by atoms with Crippen LogP contribution >= 0.6 is 11.6 Å². The van der Waals surface area contributed by atoms with Crippen molar-refractivity contribution < 1.29 is 14.7 Å². The maximum Gasteiger partial charge on any atom is 0.326 e. The van der Waals surface area contributed by atoms with Crippen molar-refractivity contribution in [2.75, 3.05) is 0 Å². The molecule has 2 N–H and O–H groups in total. The fourth-order valence-corrected chi connectivity index (χ4v) is 1.63. The van der Waals surface area contributed by atoms with Crippen LogP contribution < -0.4 is 5.32 Å². The normalized spacial score (nSPS) is 11.9. The van der Waals surface area contributed by atoms with Gasteiger partial charge in [-0.15, -0.1) is 0 Å². The zero-order chi connectivity index (χ0) is 12.8. The van der Waals surface area contributed by atoms with Crippen molar-refractivity contribution in [1.29, 1.82) is 0 Å². The first kappa shape index (κ1) is 13.5. The molecule has 0 fully saturated rings. The topological polar surface area (TPSA) is 66.4 Å². The number of hydrogen-bond acceptors (Lipinski definition) is 2. The number of amides is 1. The Morgan fingerprint density at radius 3 is 2.71 bits per heavy atom. The number of halogens is 1. The Morgan fingerprint density at radius 2 is 2.18 bits per heavy atom. The third kappa shape index (κ3) is 4.44. The van der Waals surface area contributed by atoms with Crippen molar-refractivity contribution in [2.45, 2.75) is 25.8 Å². The largest absolute Gasteiger partial charge is 0.480 e. The van der Waals surface area contributed by atoms with E-state index in [0.717, 1.165) is 5.56 Å². The highest BCUT2D eigenvalue weighted by molar-refractivity contribution is 6.30. The maximum absolute atomic E-state index is 11.6. The van der Waals surface area contributed by atoms with Crippen molar-refractivity contribution in [1.82, 2.24) is 5.32 Å². The van der Waals surface area contributed by atoms with E-state index in [4.69, 9.17) is 16.7 Å². The molecule has 0 aliphatic rings. The van der Waals surface area contributed by atoms with Gasteiger partial charge in [-0.05, 0) is 24.1 Å². The lowest BCUT2D eigenvalue weighted by molar-refractivity contribution is -0.141. The van der Waals surface area contributed by atoms with Gasteiger partial charge in [0.15, 0.2) is 0 Å². The summed E-state index contributed by atoms with van der Waals surface area (Å²) in [6.07, 6.45) is 0.487. The van der Waals surface area contributed by atoms with Crippen LogP contribution in [0.1, 0.15) is 18.9 Å². The Kier molecular flexibility index (Phi) is 4.97. The van der Waals surface area contributed by atoms with Gasteiger partial charge in [0.2, 0.25) is 5.91 Å². The fraction of sp³-hybridized carbons (Fsp3) is 0.333. The molecule has 1 atom stereocenters. The van der Waals surface area contributed by atoms with Gasteiger partial charge in [-0.1, -0.05) is 30.7 Å². The minimum atomic E-state index is -1.02. The molecule has 1 rings (SSSR count). The lowest BCUT2D eigenvalue weighted by Crippen LogP contribution is -2.40. The van der Waals surface area contributed by atoms with Crippen molar-refractivity contribution in [2.24, 2.45) is 0 Å². The number of carbonyl (C=O) groups is 2. The van der Waals surface area contributed by atoms with E-state index >= 15 is 0 Å². The Bertz CT molecular complexity index is 420. The quantitative estimate of drug-likeness (QED) is 0.844. The van der Waals surface area contributed by atoms with Gasteiger partial charge in [0.05, 0.1) is 6.42 Å². The molecule has 0 radical (unpaired) electrons. The standard InChI is InChI=1S/C12H14ClNO3/c1-2-10(12(16)17)14-11(15)7-8-4-3-5-9(13)6-8/h3-6,10H,2,7H2,1H3,(H,14,15)(H,16,17)/t10-/m0/s1. The highest BCUT2D eigenvalue weighted by Crippen LogP contribution is 2.11. The molecule has 0 bridgehead atoms. The van der Waals surface area contributed by atoms with E-state index < -0.39 is 12.0 Å². The van der Waals surface area contributed by atoms with Gasteiger partial charge in [-0.25, -0.2) is 4.79 Å². The van der Waals surface area contributed by atoms with E-state index in [1.54, 1.807) is 31.2 Å². The molecule has 0 saturated heterocycles. The third-order valence-electron chi connectivity index (χ3n) is 2.30. The van der Waals surface area contributed by atoms with Crippen LogP contribution in [0.5, 0.6) is 0 Å². The van der Waals surface area contributed by atoms with Gasteiger partial charge in [-0.3, -0.25) is 4.79 Å². The third-order valence-corrected chi connectivity index (χ3v) is 2.53. The molecular weight excluding hydrogens is 242 g/mol. The first-order valence-electron chi connectivity index (χ1n) is 5.29. The SMILES string of the molecule is CC[C@H](NC(=O)Cc1cccc(Cl)c1)C(=O)O. The van der Waals surface area contributed by atoms with Gasteiger partial charge in [-0.2, -0.15) is 0 Å². The zero-order valence-electron chi connectivity index (χ0n) is 9.44. The minimum absolute atomic E-state index is 0.129. The minimum Gasteiger partial charge on any atom is -0.480 e. The van der Waals surface area contributed by atoms with Crippen LogP contribution in [0.3, 0.4) is 0 Å². The van der Waals surface area contributed by atoms with Crippen molar-refractivity contribution in [3.05, 3.63) is 34.9 Å². The Morgan fingerprint density at radius 1 is 1.47 bits per heavy atom. The molecule has 1 aromatic rings. The number of carbonyl (C=O) groups excluding carboxylic acids is 1. The van der Waals surface area contributed by atoms with Crippen LogP contribution in [0.4, 0.5) is 0 Å². The summed E-state index contributed by atoms with van der Waals surface area (Å²) in [5.74, 6) is -1.34. The molecule has 0 aliphatic carbocycles. The van der Waals surface area contributed by atoms with Crippen LogP contribution in [-0.2, 0) is 16.0 Å². The zero-order valence-corrected chi connectivity index (χ0v) is 10.2. The molecule has 4 nitrogen and oxygen atoms in total. The fourth-order valence-electron chi connectivity index (χ4n) is 1.42. The average Bonchev–Trinajstić information content (AvgIpc) is 2.25. The van der Waals surface area contributed by atoms with E-state index in [1.165, 1.54) is 0 Å². The highest BCUT2D eigenvalue weighted by atomic mass is 35.5. The van der Waals surface area contributed by atoms with E-state index in [1.807, 2.05) is 0 Å². The predicted molar refractivity (Wildman–Crippen MR) is 65.0 cm³/mol. The lowest BCUT2D eigenvalue weighted by Gasteiger charge is -2.12. The number of benzene rings is 1. The van der Waals surface area contributed by atoms with Crippen molar-refractivity contribution in [3.63, 3.8) is 0 Å². The molecule has 0 aromatic heterocycles. The number of rotatable bonds is 5. The van der Waals surface area contributed by atoms with Gasteiger partial charge in [0, 0.05) is 5.02 Å². The Hall–Kier alpha value is -1.55. The second kappa shape index (κ2) is 6.25. The first-order valence-corrected chi connectivity index (χ1v) is 5.67. The monoisotopic (exact) mass is 255 g/mol. The van der Waals surface area contributed by atoms with E-state index in [-0.39, 0.29) is 12.3 Å². The number of nitrogens with one attached hydrogen (secondary N) is 1. The second-order valence-electron chi connectivity index (χ2n) is 3.67. The predicted octanol–water partition coefficient (Wildman–Crippen LogP) is 1.86. The van der Waals surface area contributed by atoms with E-state index in [9.17, 15) is 9.59 Å². The molecule has 0 spiro atoms.